The lowest BCUT2D eigenvalue weighted by molar-refractivity contribution is -0.132. The molecule has 0 bridgehead atoms. The smallest absolute Gasteiger partial charge is 0.244 e. The highest BCUT2D eigenvalue weighted by Gasteiger charge is 2.27. The van der Waals surface area contributed by atoms with E-state index in [9.17, 15) is 4.79 Å². The zero-order chi connectivity index (χ0) is 18.3. The summed E-state index contributed by atoms with van der Waals surface area (Å²) in [6, 6.07) is 10.4. The van der Waals surface area contributed by atoms with E-state index in [4.69, 9.17) is 5.10 Å². The number of amides is 1. The van der Waals surface area contributed by atoms with Gasteiger partial charge in [0, 0.05) is 16.1 Å². The van der Waals surface area contributed by atoms with Crippen molar-refractivity contribution in [1.82, 2.24) is 19.7 Å². The Morgan fingerprint density at radius 1 is 1.23 bits per heavy atom. The van der Waals surface area contributed by atoms with E-state index < -0.39 is 0 Å². The molecule has 0 spiro atoms. The second kappa shape index (κ2) is 6.68. The van der Waals surface area contributed by atoms with Gasteiger partial charge < -0.3 is 4.90 Å². The van der Waals surface area contributed by atoms with Gasteiger partial charge in [-0.2, -0.15) is 5.10 Å². The van der Waals surface area contributed by atoms with Gasteiger partial charge in [-0.25, -0.2) is 4.98 Å². The third-order valence-electron chi connectivity index (χ3n) is 4.74. The Balaban J connectivity index is 1.53. The fraction of sp³-hybridized carbons (Fsp3) is 0.350. The van der Waals surface area contributed by atoms with Gasteiger partial charge in [-0.3, -0.25) is 9.48 Å². The highest BCUT2D eigenvalue weighted by Crippen LogP contribution is 2.28. The molecule has 1 amide bonds. The predicted octanol–water partition coefficient (Wildman–Crippen LogP) is 3.73. The maximum Gasteiger partial charge on any atom is 0.244 e. The van der Waals surface area contributed by atoms with Gasteiger partial charge >= 0.3 is 0 Å². The van der Waals surface area contributed by atoms with E-state index in [-0.39, 0.29) is 12.5 Å². The molecule has 0 unspecified atom stereocenters. The number of hydrogen-bond donors (Lipinski definition) is 0. The summed E-state index contributed by atoms with van der Waals surface area (Å²) in [6.07, 6.45) is 0.847. The molecule has 0 N–H and O–H groups in total. The van der Waals surface area contributed by atoms with Crippen molar-refractivity contribution < 1.29 is 4.79 Å². The van der Waals surface area contributed by atoms with Crippen molar-refractivity contribution in [3.8, 4) is 11.3 Å². The fourth-order valence-electron chi connectivity index (χ4n) is 3.40. The largest absolute Gasteiger partial charge is 0.330 e. The van der Waals surface area contributed by atoms with Gasteiger partial charge in [0.25, 0.3) is 0 Å². The van der Waals surface area contributed by atoms with Crippen LogP contribution < -0.4 is 0 Å². The first-order valence-electron chi connectivity index (χ1n) is 8.90. The van der Waals surface area contributed by atoms with Crippen molar-refractivity contribution >= 4 is 17.2 Å². The van der Waals surface area contributed by atoms with Gasteiger partial charge in [0.2, 0.25) is 5.91 Å². The summed E-state index contributed by atoms with van der Waals surface area (Å²) in [6.45, 7) is 7.76. The number of aryl methyl sites for hydroxylation is 3. The first kappa shape index (κ1) is 17.0. The number of fused-ring (bicyclic) bond motifs is 1. The van der Waals surface area contributed by atoms with Gasteiger partial charge in [-0.1, -0.05) is 30.7 Å². The Kier molecular flexibility index (Phi) is 4.36. The van der Waals surface area contributed by atoms with Crippen LogP contribution in [0.1, 0.15) is 33.8 Å². The van der Waals surface area contributed by atoms with E-state index in [2.05, 4.69) is 43.1 Å². The van der Waals surface area contributed by atoms with E-state index in [1.807, 2.05) is 22.6 Å². The first-order chi connectivity index (χ1) is 12.5. The number of aromatic nitrogens is 3. The fourth-order valence-corrected chi connectivity index (χ4v) is 4.36. The van der Waals surface area contributed by atoms with Crippen LogP contribution in [0.2, 0.25) is 0 Å². The molecule has 0 atom stereocenters. The van der Waals surface area contributed by atoms with Crippen LogP contribution in [0.25, 0.3) is 11.3 Å². The maximum atomic E-state index is 12.8. The number of thiazole rings is 1. The summed E-state index contributed by atoms with van der Waals surface area (Å²) in [5, 5.41) is 5.79. The molecule has 4 rings (SSSR count). The van der Waals surface area contributed by atoms with Crippen LogP contribution in [0.4, 0.5) is 0 Å². The standard InChI is InChI=1S/C20H22N4OS/c1-4-16-9-17(15-7-5-6-13(2)8-15)22-24(16)12-20(25)23-10-18-19(11-23)26-14(3)21-18/h5-9H,4,10-12H2,1-3H3. The average molecular weight is 366 g/mol. The van der Waals surface area contributed by atoms with E-state index in [0.717, 1.165) is 34.1 Å². The highest BCUT2D eigenvalue weighted by atomic mass is 32.1. The van der Waals surface area contributed by atoms with E-state index in [0.29, 0.717) is 13.1 Å². The van der Waals surface area contributed by atoms with Crippen LogP contribution in [0, 0.1) is 13.8 Å². The normalized spacial score (nSPS) is 13.3. The second-order valence-electron chi connectivity index (χ2n) is 6.75. The average Bonchev–Trinajstić information content (AvgIpc) is 3.27. The monoisotopic (exact) mass is 366 g/mol. The number of carbonyl (C=O) groups excluding carboxylic acids is 1. The van der Waals surface area contributed by atoms with Gasteiger partial charge in [-0.05, 0) is 32.4 Å². The summed E-state index contributed by atoms with van der Waals surface area (Å²) in [5.41, 5.74) is 5.36. The Morgan fingerprint density at radius 3 is 2.81 bits per heavy atom. The van der Waals surface area contributed by atoms with Gasteiger partial charge in [0.05, 0.1) is 29.5 Å². The van der Waals surface area contributed by atoms with Crippen molar-refractivity contribution in [2.24, 2.45) is 0 Å². The maximum absolute atomic E-state index is 12.8. The Morgan fingerprint density at radius 2 is 2.08 bits per heavy atom. The summed E-state index contributed by atoms with van der Waals surface area (Å²) in [4.78, 5) is 20.4. The SMILES string of the molecule is CCc1cc(-c2cccc(C)c2)nn1CC(=O)N1Cc2nc(C)sc2C1. The number of rotatable bonds is 4. The molecule has 1 aromatic carbocycles. The number of hydrogen-bond acceptors (Lipinski definition) is 4. The van der Waals surface area contributed by atoms with Crippen molar-refractivity contribution in [2.75, 3.05) is 0 Å². The molecule has 0 saturated heterocycles. The molecule has 1 aliphatic rings. The Bertz CT molecular complexity index is 949. The highest BCUT2D eigenvalue weighted by molar-refractivity contribution is 7.11. The molecule has 6 heteroatoms. The van der Waals surface area contributed by atoms with Crippen molar-refractivity contribution in [3.05, 3.63) is 57.2 Å². The lowest BCUT2D eigenvalue weighted by Gasteiger charge is -2.16. The molecule has 3 aromatic rings. The van der Waals surface area contributed by atoms with E-state index in [1.165, 1.54) is 10.4 Å². The number of nitrogens with zero attached hydrogens (tertiary/aromatic N) is 4. The first-order valence-corrected chi connectivity index (χ1v) is 9.72. The van der Waals surface area contributed by atoms with Crippen molar-refractivity contribution in [3.63, 3.8) is 0 Å². The lowest BCUT2D eigenvalue weighted by atomic mass is 10.1. The van der Waals surface area contributed by atoms with Gasteiger partial charge in [0.1, 0.15) is 6.54 Å². The van der Waals surface area contributed by atoms with Gasteiger partial charge in [0.15, 0.2) is 0 Å². The minimum Gasteiger partial charge on any atom is -0.330 e. The van der Waals surface area contributed by atoms with Crippen LogP contribution in [0.3, 0.4) is 0 Å². The predicted molar refractivity (Wildman–Crippen MR) is 103 cm³/mol. The summed E-state index contributed by atoms with van der Waals surface area (Å²) >= 11 is 1.69. The van der Waals surface area contributed by atoms with E-state index in [1.54, 1.807) is 11.3 Å². The van der Waals surface area contributed by atoms with E-state index >= 15 is 0 Å². The Labute approximate surface area is 157 Å². The van der Waals surface area contributed by atoms with Gasteiger partial charge in [-0.15, -0.1) is 11.3 Å². The molecule has 2 aromatic heterocycles. The molecular formula is C20H22N4OS. The molecule has 3 heterocycles. The zero-order valence-corrected chi connectivity index (χ0v) is 16.1. The van der Waals surface area contributed by atoms with Crippen LogP contribution in [-0.4, -0.2) is 25.6 Å². The molecule has 1 aliphatic heterocycles. The molecular weight excluding hydrogens is 344 g/mol. The third kappa shape index (κ3) is 3.17. The second-order valence-corrected chi connectivity index (χ2v) is 8.04. The molecule has 0 aliphatic carbocycles. The molecule has 0 fully saturated rings. The summed E-state index contributed by atoms with van der Waals surface area (Å²) < 4.78 is 1.85. The summed E-state index contributed by atoms with van der Waals surface area (Å²) in [5.74, 6) is 0.0986. The number of carbonyl (C=O) groups is 1. The topological polar surface area (TPSA) is 51.0 Å². The molecule has 134 valence electrons. The van der Waals surface area contributed by atoms with Crippen LogP contribution in [-0.2, 0) is 30.8 Å². The Hall–Kier alpha value is -2.47. The number of benzene rings is 1. The summed E-state index contributed by atoms with van der Waals surface area (Å²) in [7, 11) is 0. The minimum absolute atomic E-state index is 0.0986. The van der Waals surface area contributed by atoms with Crippen LogP contribution >= 0.6 is 11.3 Å². The quantitative estimate of drug-likeness (QED) is 0.707. The van der Waals surface area contributed by atoms with Crippen LogP contribution in [0.15, 0.2) is 30.3 Å². The minimum atomic E-state index is 0.0986. The molecule has 0 radical (unpaired) electrons. The van der Waals surface area contributed by atoms with Crippen molar-refractivity contribution in [2.45, 2.75) is 46.8 Å². The molecule has 26 heavy (non-hydrogen) atoms. The lowest BCUT2D eigenvalue weighted by Crippen LogP contribution is -2.30. The molecule has 5 nitrogen and oxygen atoms in total. The zero-order valence-electron chi connectivity index (χ0n) is 15.3. The molecule has 0 saturated carbocycles. The van der Waals surface area contributed by atoms with Crippen molar-refractivity contribution in [1.29, 1.82) is 0 Å². The van der Waals surface area contributed by atoms with Crippen LogP contribution in [0.5, 0.6) is 0 Å². The third-order valence-corrected chi connectivity index (χ3v) is 5.74.